The molecule has 0 radical (unpaired) electrons. The number of esters is 6. The Kier molecular flexibility index (Phi) is 14.0. The van der Waals surface area contributed by atoms with Crippen LogP contribution < -0.4 is 0 Å². The van der Waals surface area contributed by atoms with E-state index in [1.165, 1.54) is 7.11 Å². The molecule has 8 atom stereocenters. The molecular weight excluding hydrogens is 664 g/mol. The van der Waals surface area contributed by atoms with Crippen molar-refractivity contribution in [1.82, 2.24) is 0 Å². The van der Waals surface area contributed by atoms with Crippen molar-refractivity contribution < 1.29 is 76.1 Å². The molecular formula is C34H54O16. The highest BCUT2D eigenvalue weighted by molar-refractivity contribution is 5.83. The van der Waals surface area contributed by atoms with Gasteiger partial charge in [0.1, 0.15) is 19.3 Å². The van der Waals surface area contributed by atoms with E-state index in [1.807, 2.05) is 0 Å². The van der Waals surface area contributed by atoms with Crippen molar-refractivity contribution >= 4 is 35.8 Å². The van der Waals surface area contributed by atoms with Gasteiger partial charge in [0.15, 0.2) is 30.7 Å². The largest absolute Gasteiger partial charge is 0.462 e. The first kappa shape index (κ1) is 42.8. The quantitative estimate of drug-likeness (QED) is 0.262. The Labute approximate surface area is 293 Å². The number of carbonyl (C=O) groups excluding carboxylic acids is 6. The molecule has 0 spiro atoms. The maximum absolute atomic E-state index is 14.0. The van der Waals surface area contributed by atoms with Gasteiger partial charge in [0, 0.05) is 14.2 Å². The smallest absolute Gasteiger partial charge is 0.353 e. The lowest BCUT2D eigenvalue weighted by atomic mass is 9.95. The minimum atomic E-state index is -1.95. The summed E-state index contributed by atoms with van der Waals surface area (Å²) in [5.41, 5.74) is -4.09. The molecule has 0 aromatic rings. The van der Waals surface area contributed by atoms with E-state index in [2.05, 4.69) is 0 Å². The number of ether oxygens (including phenoxy) is 10. The van der Waals surface area contributed by atoms with E-state index < -0.39 is 120 Å². The highest BCUT2D eigenvalue weighted by Gasteiger charge is 2.56. The standard InChI is InChI=1S/C34H54O16/c1-31(2,3)27(37)43-15-17-19-20(21(25(41-13)45-17)49-29(39)33(7,8)9)48-23(35)18(16-44-28(38)32(4,5)6)46-26(42-14)22(24(36)47-19)50-30(40)34(10,11)12/h17-22,25-26H,15-16H2,1-14H3/t17-,18?,19-,20+,21-,22-,25+,26+/m1/s1. The second-order valence-corrected chi connectivity index (χ2v) is 16.2. The molecule has 2 fully saturated rings. The number of methoxy groups -OCH3 is 2. The molecule has 16 nitrogen and oxygen atoms in total. The first-order valence-corrected chi connectivity index (χ1v) is 16.3. The molecule has 2 aliphatic rings. The summed E-state index contributed by atoms with van der Waals surface area (Å²) in [6, 6.07) is 0. The van der Waals surface area contributed by atoms with Gasteiger partial charge in [-0.3, -0.25) is 19.2 Å². The lowest BCUT2D eigenvalue weighted by Crippen LogP contribution is -2.65. The summed E-state index contributed by atoms with van der Waals surface area (Å²) in [5.74, 6) is -5.35. The van der Waals surface area contributed by atoms with Crippen LogP contribution in [0.15, 0.2) is 0 Å². The van der Waals surface area contributed by atoms with Crippen molar-refractivity contribution in [3.8, 4) is 0 Å². The Morgan fingerprint density at radius 3 is 1.46 bits per heavy atom. The van der Waals surface area contributed by atoms with Crippen LogP contribution in [0.1, 0.15) is 83.1 Å². The van der Waals surface area contributed by atoms with E-state index in [-0.39, 0.29) is 0 Å². The Balaban J connectivity index is 2.76. The van der Waals surface area contributed by atoms with Gasteiger partial charge in [-0.1, -0.05) is 0 Å². The molecule has 0 N–H and O–H groups in total. The second-order valence-electron chi connectivity index (χ2n) is 16.2. The summed E-state index contributed by atoms with van der Waals surface area (Å²) in [4.78, 5) is 79.7. The van der Waals surface area contributed by atoms with E-state index in [0.717, 1.165) is 7.11 Å². The van der Waals surface area contributed by atoms with Crippen LogP contribution in [-0.2, 0) is 76.1 Å². The maximum atomic E-state index is 14.0. The molecule has 0 bridgehead atoms. The van der Waals surface area contributed by atoms with Gasteiger partial charge in [0.25, 0.3) is 0 Å². The molecule has 0 aromatic carbocycles. The van der Waals surface area contributed by atoms with Crippen LogP contribution in [0.5, 0.6) is 0 Å². The van der Waals surface area contributed by atoms with Gasteiger partial charge in [-0.25, -0.2) is 9.59 Å². The number of hydrogen-bond acceptors (Lipinski definition) is 16. The average molecular weight is 719 g/mol. The molecule has 0 amide bonds. The molecule has 0 saturated carbocycles. The van der Waals surface area contributed by atoms with Crippen molar-refractivity contribution in [3.63, 3.8) is 0 Å². The van der Waals surface area contributed by atoms with Crippen LogP contribution in [0, 0.1) is 21.7 Å². The summed E-state index contributed by atoms with van der Waals surface area (Å²) < 4.78 is 56.5. The molecule has 16 heteroatoms. The third kappa shape index (κ3) is 11.3. The normalized spacial score (nSPS) is 28.3. The van der Waals surface area contributed by atoms with Gasteiger partial charge in [-0.2, -0.15) is 0 Å². The fourth-order valence-electron chi connectivity index (χ4n) is 4.14. The summed E-state index contributed by atoms with van der Waals surface area (Å²) in [5, 5.41) is 0. The number of fused-ring (bicyclic) bond motifs is 1. The molecule has 286 valence electrons. The van der Waals surface area contributed by atoms with Crippen LogP contribution >= 0.6 is 0 Å². The first-order valence-electron chi connectivity index (χ1n) is 16.3. The van der Waals surface area contributed by atoms with Crippen LogP contribution in [0.2, 0.25) is 0 Å². The van der Waals surface area contributed by atoms with Gasteiger partial charge in [0.05, 0.1) is 21.7 Å². The van der Waals surface area contributed by atoms with Gasteiger partial charge in [-0.05, 0) is 83.1 Å². The van der Waals surface area contributed by atoms with Gasteiger partial charge < -0.3 is 47.4 Å². The number of carbonyl (C=O) groups is 6. The highest BCUT2D eigenvalue weighted by Crippen LogP contribution is 2.34. The van der Waals surface area contributed by atoms with Crippen molar-refractivity contribution in [3.05, 3.63) is 0 Å². The Morgan fingerprint density at radius 1 is 0.560 bits per heavy atom. The zero-order valence-electron chi connectivity index (χ0n) is 31.6. The van der Waals surface area contributed by atoms with Crippen molar-refractivity contribution in [1.29, 1.82) is 0 Å². The van der Waals surface area contributed by atoms with Crippen LogP contribution in [0.4, 0.5) is 0 Å². The van der Waals surface area contributed by atoms with Crippen molar-refractivity contribution in [2.45, 2.75) is 132 Å². The van der Waals surface area contributed by atoms with Gasteiger partial charge in [-0.15, -0.1) is 0 Å². The maximum Gasteiger partial charge on any atom is 0.353 e. The molecule has 2 saturated heterocycles. The zero-order valence-corrected chi connectivity index (χ0v) is 31.6. The molecule has 2 heterocycles. The van der Waals surface area contributed by atoms with E-state index in [1.54, 1.807) is 83.1 Å². The predicted molar refractivity (Wildman–Crippen MR) is 171 cm³/mol. The third-order valence-electron chi connectivity index (χ3n) is 7.27. The number of rotatable bonds is 8. The van der Waals surface area contributed by atoms with Gasteiger partial charge in [0.2, 0.25) is 12.4 Å². The van der Waals surface area contributed by atoms with E-state index in [9.17, 15) is 28.8 Å². The van der Waals surface area contributed by atoms with E-state index >= 15 is 0 Å². The van der Waals surface area contributed by atoms with Crippen LogP contribution in [0.3, 0.4) is 0 Å². The van der Waals surface area contributed by atoms with Crippen LogP contribution in [-0.4, -0.2) is 112 Å². The van der Waals surface area contributed by atoms with Crippen molar-refractivity contribution in [2.75, 3.05) is 27.4 Å². The molecule has 50 heavy (non-hydrogen) atoms. The molecule has 0 aliphatic carbocycles. The van der Waals surface area contributed by atoms with Crippen LogP contribution in [0.25, 0.3) is 0 Å². The molecule has 2 aliphatic heterocycles. The second kappa shape index (κ2) is 16.3. The topological polar surface area (TPSA) is 195 Å². The summed E-state index contributed by atoms with van der Waals surface area (Å²) in [7, 11) is 2.36. The third-order valence-corrected chi connectivity index (χ3v) is 7.27. The summed E-state index contributed by atoms with van der Waals surface area (Å²) in [6.07, 6.45) is -13.2. The fourth-order valence-corrected chi connectivity index (χ4v) is 4.14. The Hall–Kier alpha value is -3.34. The lowest BCUT2D eigenvalue weighted by Gasteiger charge is -2.45. The SMILES string of the molecule is CO[C@H]1O[C@H](COC(=O)C(C)(C)C)[C@H]2OC(=O)[C@@H](OC(=O)C(C)(C)C)[C@@H](OC)OC(COC(=O)C(C)(C)C)C(=O)O[C@@H]2[C@H]1OC(=O)C(C)(C)C. The van der Waals surface area contributed by atoms with Crippen molar-refractivity contribution in [2.24, 2.45) is 21.7 Å². The predicted octanol–water partition coefficient (Wildman–Crippen LogP) is 2.65. The zero-order chi connectivity index (χ0) is 38.6. The lowest BCUT2D eigenvalue weighted by molar-refractivity contribution is -0.313. The fraction of sp³-hybridized carbons (Fsp3) is 0.824. The summed E-state index contributed by atoms with van der Waals surface area (Å²) >= 11 is 0. The number of hydrogen-bond donors (Lipinski definition) is 0. The van der Waals surface area contributed by atoms with E-state index in [0.29, 0.717) is 0 Å². The minimum absolute atomic E-state index is 0.537. The monoisotopic (exact) mass is 718 g/mol. The van der Waals surface area contributed by atoms with Gasteiger partial charge >= 0.3 is 35.8 Å². The Morgan fingerprint density at radius 2 is 1.00 bits per heavy atom. The summed E-state index contributed by atoms with van der Waals surface area (Å²) in [6.45, 7) is 17.8. The average Bonchev–Trinajstić information content (AvgIpc) is 2.98. The Bertz CT molecular complexity index is 1250. The molecule has 1 unspecified atom stereocenters. The van der Waals surface area contributed by atoms with E-state index in [4.69, 9.17) is 47.4 Å². The first-order chi connectivity index (χ1) is 22.7. The molecule has 0 aromatic heterocycles. The molecule has 2 rings (SSSR count). The highest BCUT2D eigenvalue weighted by atomic mass is 16.8. The minimum Gasteiger partial charge on any atom is -0.462 e.